The highest BCUT2D eigenvalue weighted by Crippen LogP contribution is 2.21. The number of hydrogen-bond donors (Lipinski definition) is 1. The monoisotopic (exact) mass is 316 g/mol. The van der Waals surface area contributed by atoms with Gasteiger partial charge >= 0.3 is 5.97 Å². The Morgan fingerprint density at radius 2 is 1.87 bits per heavy atom. The molecule has 0 atom stereocenters. The van der Waals surface area contributed by atoms with Crippen molar-refractivity contribution in [1.29, 1.82) is 0 Å². The molecule has 2 aromatic rings. The number of halogens is 1. The Hall–Kier alpha value is -2.76. The standard InChI is InChI=1S/C17H17FN2O3/c1-2-22-15-8-9-16(20-19)12(11-15)3-10-17(21)23-14-6-4-13(18)5-7-14/h4-9,11,20H,2-3,10H2,1H3. The van der Waals surface area contributed by atoms with Gasteiger partial charge in [0.25, 0.3) is 0 Å². The van der Waals surface area contributed by atoms with Gasteiger partial charge in [-0.1, -0.05) is 0 Å². The van der Waals surface area contributed by atoms with Crippen molar-refractivity contribution in [3.05, 3.63) is 59.4 Å². The average molecular weight is 316 g/mol. The average Bonchev–Trinajstić information content (AvgIpc) is 2.55. The lowest BCUT2D eigenvalue weighted by molar-refractivity contribution is -0.380. The van der Waals surface area contributed by atoms with E-state index in [1.54, 1.807) is 18.2 Å². The molecule has 1 N–H and O–H groups in total. The topological polar surface area (TPSA) is 71.8 Å². The number of carbonyl (C=O) groups excluding carboxylic acids is 1. The van der Waals surface area contributed by atoms with E-state index < -0.39 is 11.8 Å². The van der Waals surface area contributed by atoms with Gasteiger partial charge < -0.3 is 15.0 Å². The van der Waals surface area contributed by atoms with Gasteiger partial charge in [-0.3, -0.25) is 9.91 Å². The summed E-state index contributed by atoms with van der Waals surface area (Å²) in [5.41, 5.74) is 10.4. The summed E-state index contributed by atoms with van der Waals surface area (Å²) in [6.07, 6.45) is 0.478. The molecule has 0 spiro atoms. The fraction of sp³-hybridized carbons (Fsp3) is 0.235. The van der Waals surface area contributed by atoms with Gasteiger partial charge in [0, 0.05) is 11.6 Å². The molecule has 0 amide bonds. The van der Waals surface area contributed by atoms with E-state index in [1.165, 1.54) is 24.3 Å². The van der Waals surface area contributed by atoms with Crippen molar-refractivity contribution in [2.45, 2.75) is 19.8 Å². The van der Waals surface area contributed by atoms with Gasteiger partial charge in [0.15, 0.2) is 5.69 Å². The van der Waals surface area contributed by atoms with E-state index in [0.717, 1.165) is 5.56 Å². The Labute approximate surface area is 133 Å². The minimum absolute atomic E-state index is 0.113. The molecule has 0 heterocycles. The maximum absolute atomic E-state index is 12.8. The van der Waals surface area contributed by atoms with E-state index in [2.05, 4.69) is 5.11 Å². The van der Waals surface area contributed by atoms with Crippen LogP contribution >= 0.6 is 0 Å². The van der Waals surface area contributed by atoms with Crippen LogP contribution in [0.3, 0.4) is 0 Å². The van der Waals surface area contributed by atoms with Crippen LogP contribution in [0.1, 0.15) is 18.9 Å². The molecule has 5 nitrogen and oxygen atoms in total. The first kappa shape index (κ1) is 16.6. The smallest absolute Gasteiger partial charge is 0.311 e. The second-order valence-corrected chi connectivity index (χ2v) is 4.79. The maximum Gasteiger partial charge on any atom is 0.311 e. The van der Waals surface area contributed by atoms with E-state index in [1.807, 2.05) is 6.92 Å². The van der Waals surface area contributed by atoms with Gasteiger partial charge in [-0.2, -0.15) is 0 Å². The second kappa shape index (κ2) is 8.03. The number of nitrogens with one attached hydrogen (secondary N) is 1. The van der Waals surface area contributed by atoms with Crippen LogP contribution in [0, 0.1) is 5.82 Å². The van der Waals surface area contributed by atoms with Gasteiger partial charge in [0.05, 0.1) is 13.0 Å². The molecule has 0 fully saturated rings. The van der Waals surface area contributed by atoms with Gasteiger partial charge in [-0.05, 0) is 49.7 Å². The number of carbonyl (C=O) groups is 1. The molecule has 0 saturated heterocycles. The first-order chi connectivity index (χ1) is 11.1. The van der Waals surface area contributed by atoms with Crippen LogP contribution < -0.4 is 14.6 Å². The molecule has 120 valence electrons. The minimum Gasteiger partial charge on any atom is -0.502 e. The molecule has 0 saturated carbocycles. The van der Waals surface area contributed by atoms with Crippen LogP contribution in [0.4, 0.5) is 10.1 Å². The molecular weight excluding hydrogens is 299 g/mol. The minimum atomic E-state index is -0.442. The molecule has 0 unspecified atom stereocenters. The fourth-order valence-electron chi connectivity index (χ4n) is 2.06. The summed E-state index contributed by atoms with van der Waals surface area (Å²) in [5, 5.41) is 2.10. The van der Waals surface area contributed by atoms with Crippen molar-refractivity contribution < 1.29 is 23.8 Å². The van der Waals surface area contributed by atoms with Crippen LogP contribution in [-0.4, -0.2) is 12.6 Å². The van der Waals surface area contributed by atoms with Crippen LogP contribution in [0.15, 0.2) is 42.5 Å². The van der Waals surface area contributed by atoms with Crippen molar-refractivity contribution in [2.75, 3.05) is 6.61 Å². The molecule has 23 heavy (non-hydrogen) atoms. The third-order valence-corrected chi connectivity index (χ3v) is 3.15. The zero-order chi connectivity index (χ0) is 16.7. The Kier molecular flexibility index (Phi) is 5.80. The summed E-state index contributed by atoms with van der Waals surface area (Å²) in [7, 11) is 0. The molecular formula is C17H17FN2O3. The van der Waals surface area contributed by atoms with Gasteiger partial charge in [-0.15, -0.1) is 0 Å². The second-order valence-electron chi connectivity index (χ2n) is 4.79. The summed E-state index contributed by atoms with van der Waals surface area (Å²) in [6.45, 7) is 2.40. The Bertz CT molecular complexity index is 687. The van der Waals surface area contributed by atoms with Crippen LogP contribution in [-0.2, 0) is 11.2 Å². The molecule has 0 aliphatic carbocycles. The van der Waals surface area contributed by atoms with Gasteiger partial charge in [0.2, 0.25) is 0 Å². The van der Waals surface area contributed by atoms with E-state index in [9.17, 15) is 9.18 Å². The Morgan fingerprint density at radius 3 is 2.52 bits per heavy atom. The lowest BCUT2D eigenvalue weighted by Gasteiger charge is -2.08. The van der Waals surface area contributed by atoms with E-state index in [0.29, 0.717) is 30.2 Å². The SMILES string of the molecule is CCOc1ccc([NH+]=[N-])c(CCC(=O)Oc2ccc(F)cc2)c1. The predicted molar refractivity (Wildman–Crippen MR) is 81.9 cm³/mol. The Morgan fingerprint density at radius 1 is 1.17 bits per heavy atom. The van der Waals surface area contributed by atoms with Crippen LogP contribution in [0.25, 0.3) is 5.53 Å². The number of hydrogen-bond acceptors (Lipinski definition) is 3. The lowest BCUT2D eigenvalue weighted by atomic mass is 10.1. The summed E-state index contributed by atoms with van der Waals surface area (Å²) >= 11 is 0. The number of ether oxygens (including phenoxy) is 2. The Balaban J connectivity index is 1.98. The molecule has 0 aromatic heterocycles. The van der Waals surface area contributed by atoms with Crippen molar-refractivity contribution >= 4 is 11.7 Å². The zero-order valence-electron chi connectivity index (χ0n) is 12.7. The van der Waals surface area contributed by atoms with Crippen molar-refractivity contribution in [3.8, 4) is 11.5 Å². The molecule has 0 radical (unpaired) electrons. The number of rotatable bonds is 7. The number of benzene rings is 2. The normalized spacial score (nSPS) is 10.2. The first-order valence-electron chi connectivity index (χ1n) is 7.24. The highest BCUT2D eigenvalue weighted by atomic mass is 19.1. The largest absolute Gasteiger partial charge is 0.502 e. The summed E-state index contributed by atoms with van der Waals surface area (Å²) < 4.78 is 23.3. The van der Waals surface area contributed by atoms with Crippen LogP contribution in [0.5, 0.6) is 11.5 Å². The van der Waals surface area contributed by atoms with Crippen molar-refractivity contribution in [1.82, 2.24) is 0 Å². The van der Waals surface area contributed by atoms with Crippen molar-refractivity contribution in [3.63, 3.8) is 0 Å². The third kappa shape index (κ3) is 4.88. The molecule has 0 aliphatic rings. The fourth-order valence-corrected chi connectivity index (χ4v) is 2.06. The quantitative estimate of drug-likeness (QED) is 0.484. The van der Waals surface area contributed by atoms with E-state index >= 15 is 0 Å². The van der Waals surface area contributed by atoms with Crippen molar-refractivity contribution in [2.24, 2.45) is 0 Å². The van der Waals surface area contributed by atoms with E-state index in [-0.39, 0.29) is 6.42 Å². The highest BCUT2D eigenvalue weighted by Gasteiger charge is 2.11. The summed E-state index contributed by atoms with van der Waals surface area (Å²) in [4.78, 5) is 11.9. The molecule has 0 aliphatic heterocycles. The summed E-state index contributed by atoms with van der Waals surface area (Å²) in [6, 6.07) is 10.4. The molecule has 2 aromatic carbocycles. The number of nitrogens with zero attached hydrogens (tertiary/aromatic N) is 1. The number of aryl methyl sites for hydroxylation is 1. The zero-order valence-corrected chi connectivity index (χ0v) is 12.7. The van der Waals surface area contributed by atoms with Gasteiger partial charge in [0.1, 0.15) is 17.3 Å². The predicted octanol–water partition coefficient (Wildman–Crippen LogP) is 2.50. The molecule has 2 rings (SSSR count). The highest BCUT2D eigenvalue weighted by molar-refractivity contribution is 5.72. The first-order valence-corrected chi connectivity index (χ1v) is 7.24. The summed E-state index contributed by atoms with van der Waals surface area (Å²) in [5.74, 6) is 0.117. The number of esters is 1. The molecule has 6 heteroatoms. The third-order valence-electron chi connectivity index (χ3n) is 3.15. The van der Waals surface area contributed by atoms with Gasteiger partial charge in [-0.25, -0.2) is 4.39 Å². The molecule has 0 bridgehead atoms. The lowest BCUT2D eigenvalue weighted by Crippen LogP contribution is -2.55. The maximum atomic E-state index is 12.8. The van der Waals surface area contributed by atoms with Crippen LogP contribution in [0.2, 0.25) is 0 Å². The van der Waals surface area contributed by atoms with E-state index in [4.69, 9.17) is 15.0 Å².